The van der Waals surface area contributed by atoms with Crippen LogP contribution in [0.2, 0.25) is 0 Å². The molecular formula is C18H26N2O4. The summed E-state index contributed by atoms with van der Waals surface area (Å²) >= 11 is 0. The number of para-hydroxylation sites is 2. The van der Waals surface area contributed by atoms with Crippen LogP contribution in [-0.2, 0) is 9.53 Å². The molecule has 1 aromatic rings. The number of morpholine rings is 1. The van der Waals surface area contributed by atoms with Crippen LogP contribution in [0.5, 0.6) is 11.5 Å². The normalized spacial score (nSPS) is 22.2. The molecule has 0 unspecified atom stereocenters. The Balaban J connectivity index is 1.46. The van der Waals surface area contributed by atoms with Crippen molar-refractivity contribution in [2.24, 2.45) is 0 Å². The van der Waals surface area contributed by atoms with Gasteiger partial charge in [-0.25, -0.2) is 0 Å². The average molecular weight is 334 g/mol. The Morgan fingerprint density at radius 1 is 1.29 bits per heavy atom. The van der Waals surface area contributed by atoms with E-state index < -0.39 is 0 Å². The minimum Gasteiger partial charge on any atom is -0.493 e. The van der Waals surface area contributed by atoms with Crippen LogP contribution in [-0.4, -0.2) is 62.9 Å². The summed E-state index contributed by atoms with van der Waals surface area (Å²) in [5.41, 5.74) is 0. The number of nitrogens with zero attached hydrogens (tertiary/aromatic N) is 1. The molecule has 6 heteroatoms. The minimum absolute atomic E-state index is 0.00815. The van der Waals surface area contributed by atoms with E-state index >= 15 is 0 Å². The Hall–Kier alpha value is -1.79. The van der Waals surface area contributed by atoms with E-state index in [-0.39, 0.29) is 18.1 Å². The lowest BCUT2D eigenvalue weighted by atomic mass is 10.1. The van der Waals surface area contributed by atoms with E-state index in [9.17, 15) is 4.79 Å². The number of benzene rings is 1. The van der Waals surface area contributed by atoms with Gasteiger partial charge in [-0.3, -0.25) is 4.79 Å². The molecule has 0 bridgehead atoms. The number of methoxy groups -OCH3 is 1. The molecule has 2 aliphatic heterocycles. The largest absolute Gasteiger partial charge is 0.493 e. The third-order valence-corrected chi connectivity index (χ3v) is 4.56. The number of carbonyl (C=O) groups is 1. The maximum Gasteiger partial charge on any atom is 0.225 e. The Morgan fingerprint density at radius 2 is 2.04 bits per heavy atom. The number of piperidine rings is 1. The van der Waals surface area contributed by atoms with E-state index in [4.69, 9.17) is 14.2 Å². The molecule has 24 heavy (non-hydrogen) atoms. The number of ether oxygens (including phenoxy) is 3. The van der Waals surface area contributed by atoms with E-state index in [1.54, 1.807) is 7.11 Å². The Bertz CT molecular complexity index is 538. The summed E-state index contributed by atoms with van der Waals surface area (Å²) in [5.74, 6) is 1.70. The van der Waals surface area contributed by atoms with Gasteiger partial charge in [-0.15, -0.1) is 0 Å². The maximum absolute atomic E-state index is 12.4. The van der Waals surface area contributed by atoms with Crippen LogP contribution in [0, 0.1) is 0 Å². The number of amides is 1. The number of hydrogen-bond donors (Lipinski definition) is 1. The highest BCUT2D eigenvalue weighted by Gasteiger charge is 2.27. The van der Waals surface area contributed by atoms with Gasteiger partial charge in [0.15, 0.2) is 11.5 Å². The fourth-order valence-corrected chi connectivity index (χ4v) is 3.19. The third-order valence-electron chi connectivity index (χ3n) is 4.56. The topological polar surface area (TPSA) is 60.0 Å². The second-order valence-electron chi connectivity index (χ2n) is 6.25. The molecule has 1 N–H and O–H groups in total. The van der Waals surface area contributed by atoms with E-state index in [2.05, 4.69) is 5.32 Å². The number of rotatable bonds is 5. The molecular weight excluding hydrogens is 308 g/mol. The minimum atomic E-state index is 0.00815. The van der Waals surface area contributed by atoms with Gasteiger partial charge in [-0.1, -0.05) is 12.1 Å². The quantitative estimate of drug-likeness (QED) is 0.883. The highest BCUT2D eigenvalue weighted by molar-refractivity contribution is 5.76. The van der Waals surface area contributed by atoms with Crippen LogP contribution in [0.3, 0.4) is 0 Å². The Morgan fingerprint density at radius 3 is 2.71 bits per heavy atom. The molecule has 3 rings (SSSR count). The van der Waals surface area contributed by atoms with Crippen LogP contribution in [0.4, 0.5) is 0 Å². The van der Waals surface area contributed by atoms with Gasteiger partial charge in [0, 0.05) is 39.0 Å². The molecule has 0 spiro atoms. The van der Waals surface area contributed by atoms with Gasteiger partial charge in [0.2, 0.25) is 5.91 Å². The molecule has 1 atom stereocenters. The van der Waals surface area contributed by atoms with Crippen molar-refractivity contribution < 1.29 is 19.0 Å². The summed E-state index contributed by atoms with van der Waals surface area (Å²) in [5, 5.41) is 3.26. The lowest BCUT2D eigenvalue weighted by Crippen LogP contribution is -2.45. The molecule has 2 aliphatic rings. The number of carbonyl (C=O) groups excluding carboxylic acids is 1. The van der Waals surface area contributed by atoms with Crippen molar-refractivity contribution in [2.75, 3.05) is 39.9 Å². The number of nitrogens with one attached hydrogen (secondary N) is 1. The van der Waals surface area contributed by atoms with E-state index in [1.807, 2.05) is 29.2 Å². The first-order valence-electron chi connectivity index (χ1n) is 8.66. The zero-order valence-corrected chi connectivity index (χ0v) is 14.2. The van der Waals surface area contributed by atoms with Crippen molar-refractivity contribution in [1.29, 1.82) is 0 Å². The summed E-state index contributed by atoms with van der Waals surface area (Å²) < 4.78 is 17.0. The molecule has 132 valence electrons. The predicted octanol–water partition coefficient (Wildman–Crippen LogP) is 1.44. The molecule has 0 aliphatic carbocycles. The second kappa shape index (κ2) is 8.35. The van der Waals surface area contributed by atoms with Gasteiger partial charge in [0.1, 0.15) is 6.10 Å². The SMILES string of the molecule is COc1ccccc1OC1CCN(C(=O)C[C@@H]2CNCCO2)CC1. The fraction of sp³-hybridized carbons (Fsp3) is 0.611. The highest BCUT2D eigenvalue weighted by Crippen LogP contribution is 2.29. The van der Waals surface area contributed by atoms with Crippen molar-refractivity contribution in [3.8, 4) is 11.5 Å². The van der Waals surface area contributed by atoms with Gasteiger partial charge in [0.05, 0.1) is 26.2 Å². The van der Waals surface area contributed by atoms with Crippen molar-refractivity contribution in [3.05, 3.63) is 24.3 Å². The molecule has 0 radical (unpaired) electrons. The smallest absolute Gasteiger partial charge is 0.225 e. The standard InChI is InChI=1S/C18H26N2O4/c1-22-16-4-2-3-5-17(16)24-14-6-9-20(10-7-14)18(21)12-15-13-19-8-11-23-15/h2-5,14-15,19H,6-13H2,1H3/t15-/m1/s1. The summed E-state index contributed by atoms with van der Waals surface area (Å²) in [7, 11) is 1.64. The lowest BCUT2D eigenvalue weighted by Gasteiger charge is -2.33. The zero-order valence-electron chi connectivity index (χ0n) is 14.2. The van der Waals surface area contributed by atoms with Crippen molar-refractivity contribution in [3.63, 3.8) is 0 Å². The maximum atomic E-state index is 12.4. The van der Waals surface area contributed by atoms with E-state index in [1.165, 1.54) is 0 Å². The van der Waals surface area contributed by atoms with Crippen molar-refractivity contribution in [1.82, 2.24) is 10.2 Å². The molecule has 1 aromatic carbocycles. The lowest BCUT2D eigenvalue weighted by molar-refractivity contribution is -0.136. The fourth-order valence-electron chi connectivity index (χ4n) is 3.19. The monoisotopic (exact) mass is 334 g/mol. The molecule has 1 amide bonds. The number of likely N-dealkylation sites (tertiary alicyclic amines) is 1. The number of hydrogen-bond acceptors (Lipinski definition) is 5. The zero-order chi connectivity index (χ0) is 16.8. The van der Waals surface area contributed by atoms with Crippen LogP contribution >= 0.6 is 0 Å². The van der Waals surface area contributed by atoms with Crippen molar-refractivity contribution in [2.45, 2.75) is 31.5 Å². The van der Waals surface area contributed by atoms with Gasteiger partial charge < -0.3 is 24.4 Å². The third kappa shape index (κ3) is 4.39. The predicted molar refractivity (Wildman–Crippen MR) is 90.5 cm³/mol. The van der Waals surface area contributed by atoms with Gasteiger partial charge in [0.25, 0.3) is 0 Å². The molecule has 0 aromatic heterocycles. The van der Waals surface area contributed by atoms with Crippen LogP contribution < -0.4 is 14.8 Å². The summed E-state index contributed by atoms with van der Waals surface area (Å²) in [6.07, 6.45) is 2.28. The molecule has 2 saturated heterocycles. The second-order valence-corrected chi connectivity index (χ2v) is 6.25. The van der Waals surface area contributed by atoms with E-state index in [0.717, 1.165) is 50.5 Å². The molecule has 2 heterocycles. The highest BCUT2D eigenvalue weighted by atomic mass is 16.5. The molecule has 0 saturated carbocycles. The first-order valence-corrected chi connectivity index (χ1v) is 8.66. The van der Waals surface area contributed by atoms with Gasteiger partial charge >= 0.3 is 0 Å². The van der Waals surface area contributed by atoms with Crippen molar-refractivity contribution >= 4 is 5.91 Å². The van der Waals surface area contributed by atoms with Crippen LogP contribution in [0.25, 0.3) is 0 Å². The first kappa shape index (κ1) is 17.0. The first-order chi connectivity index (χ1) is 11.8. The van der Waals surface area contributed by atoms with Crippen LogP contribution in [0.15, 0.2) is 24.3 Å². The molecule has 2 fully saturated rings. The van der Waals surface area contributed by atoms with Crippen LogP contribution in [0.1, 0.15) is 19.3 Å². The average Bonchev–Trinajstić information content (AvgIpc) is 2.63. The van der Waals surface area contributed by atoms with Gasteiger partial charge in [-0.2, -0.15) is 0 Å². The summed E-state index contributed by atoms with van der Waals surface area (Å²) in [6, 6.07) is 7.68. The van der Waals surface area contributed by atoms with E-state index in [0.29, 0.717) is 13.0 Å². The summed E-state index contributed by atoms with van der Waals surface area (Å²) in [4.78, 5) is 14.3. The van der Waals surface area contributed by atoms with Gasteiger partial charge in [-0.05, 0) is 12.1 Å². The summed E-state index contributed by atoms with van der Waals surface area (Å²) in [6.45, 7) is 3.79. The molecule has 6 nitrogen and oxygen atoms in total. The Kier molecular flexibility index (Phi) is 5.93. The Labute approximate surface area is 143 Å².